The van der Waals surface area contributed by atoms with Crippen LogP contribution < -0.4 is 11.3 Å². The lowest BCUT2D eigenvalue weighted by atomic mass is 9.74. The summed E-state index contributed by atoms with van der Waals surface area (Å²) in [6, 6.07) is 0. The molecule has 0 saturated heterocycles. The van der Waals surface area contributed by atoms with Gasteiger partial charge in [-0.2, -0.15) is 0 Å². The molecule has 3 N–H and O–H groups in total. The van der Waals surface area contributed by atoms with Gasteiger partial charge in [-0.25, -0.2) is 5.84 Å². The summed E-state index contributed by atoms with van der Waals surface area (Å²) in [5, 5.41) is 0. The zero-order valence-electron chi connectivity index (χ0n) is 15.2. The van der Waals surface area contributed by atoms with Crippen molar-refractivity contribution in [3.05, 3.63) is 11.6 Å². The van der Waals surface area contributed by atoms with Crippen molar-refractivity contribution in [3.8, 4) is 0 Å². The van der Waals surface area contributed by atoms with Gasteiger partial charge in [0.05, 0.1) is 0 Å². The van der Waals surface area contributed by atoms with Gasteiger partial charge >= 0.3 is 0 Å². The SMILES string of the molecule is CCCCCCCCC(CCC)C1CC2C=C(C(=O)NN)C1C2. The number of rotatable bonds is 11. The Labute approximate surface area is 142 Å². The van der Waals surface area contributed by atoms with Crippen LogP contribution in [0.5, 0.6) is 0 Å². The first kappa shape index (κ1) is 18.5. The number of carbonyl (C=O) groups excluding carboxylic acids is 1. The van der Waals surface area contributed by atoms with E-state index < -0.39 is 0 Å². The topological polar surface area (TPSA) is 55.1 Å². The van der Waals surface area contributed by atoms with Gasteiger partial charge in [0.1, 0.15) is 0 Å². The molecule has 4 unspecified atom stereocenters. The number of hydrogen-bond donors (Lipinski definition) is 2. The Hall–Kier alpha value is -0.830. The molecule has 2 bridgehead atoms. The van der Waals surface area contributed by atoms with Crippen molar-refractivity contribution in [1.29, 1.82) is 0 Å². The summed E-state index contributed by atoms with van der Waals surface area (Å²) in [5.74, 6) is 7.93. The molecule has 1 amide bonds. The van der Waals surface area contributed by atoms with Crippen molar-refractivity contribution in [2.24, 2.45) is 29.5 Å². The van der Waals surface area contributed by atoms with Gasteiger partial charge in [-0.3, -0.25) is 10.2 Å². The van der Waals surface area contributed by atoms with Crippen LogP contribution in [0, 0.1) is 23.7 Å². The van der Waals surface area contributed by atoms with E-state index in [-0.39, 0.29) is 5.91 Å². The smallest absolute Gasteiger partial charge is 0.261 e. The standard InChI is InChI=1S/C20H36N2O/c1-3-5-6-7-8-9-11-16(10-4-2)17-12-15-13-18(17)19(14-15)20(23)22-21/h14-18H,3-13,21H2,1-2H3,(H,22,23). The third-order valence-corrected chi connectivity index (χ3v) is 6.05. The molecule has 0 heterocycles. The molecule has 1 saturated carbocycles. The lowest BCUT2D eigenvalue weighted by Gasteiger charge is -2.31. The minimum atomic E-state index is -0.0444. The number of amides is 1. The van der Waals surface area contributed by atoms with E-state index in [0.717, 1.165) is 11.5 Å². The average molecular weight is 321 g/mol. The molecule has 3 nitrogen and oxygen atoms in total. The van der Waals surface area contributed by atoms with Gasteiger partial charge in [-0.1, -0.05) is 77.7 Å². The molecule has 0 aromatic heterocycles. The fraction of sp³-hybridized carbons (Fsp3) is 0.850. The Kier molecular flexibility index (Phi) is 7.61. The summed E-state index contributed by atoms with van der Waals surface area (Å²) < 4.78 is 0. The molecule has 0 aromatic carbocycles. The second-order valence-corrected chi connectivity index (χ2v) is 7.70. The quantitative estimate of drug-likeness (QED) is 0.250. The molecular formula is C20H36N2O. The first-order valence-corrected chi connectivity index (χ1v) is 9.93. The number of hydrazine groups is 1. The van der Waals surface area contributed by atoms with Crippen LogP contribution in [0.1, 0.15) is 84.5 Å². The first-order valence-electron chi connectivity index (χ1n) is 9.93. The predicted molar refractivity (Wildman–Crippen MR) is 96.5 cm³/mol. The summed E-state index contributed by atoms with van der Waals surface area (Å²) in [6.07, 6.45) is 16.8. The van der Waals surface area contributed by atoms with Crippen LogP contribution in [-0.4, -0.2) is 5.91 Å². The molecule has 2 rings (SSSR count). The minimum absolute atomic E-state index is 0.0444. The molecule has 0 aliphatic heterocycles. The van der Waals surface area contributed by atoms with E-state index in [2.05, 4.69) is 25.3 Å². The number of nitrogens with one attached hydrogen (secondary N) is 1. The third-order valence-electron chi connectivity index (χ3n) is 6.05. The Morgan fingerprint density at radius 3 is 2.52 bits per heavy atom. The van der Waals surface area contributed by atoms with Gasteiger partial charge in [-0.05, 0) is 36.5 Å². The van der Waals surface area contributed by atoms with Crippen LogP contribution in [0.2, 0.25) is 0 Å². The first-order chi connectivity index (χ1) is 11.2. The van der Waals surface area contributed by atoms with Gasteiger partial charge in [0.15, 0.2) is 0 Å². The van der Waals surface area contributed by atoms with Crippen LogP contribution in [0.4, 0.5) is 0 Å². The molecule has 2 aliphatic carbocycles. The van der Waals surface area contributed by atoms with E-state index >= 15 is 0 Å². The van der Waals surface area contributed by atoms with Crippen LogP contribution in [0.3, 0.4) is 0 Å². The van der Waals surface area contributed by atoms with Crippen LogP contribution in [0.25, 0.3) is 0 Å². The number of allylic oxidation sites excluding steroid dienone is 1. The van der Waals surface area contributed by atoms with Crippen molar-refractivity contribution in [1.82, 2.24) is 5.43 Å². The highest BCUT2D eigenvalue weighted by atomic mass is 16.2. The second-order valence-electron chi connectivity index (χ2n) is 7.70. The summed E-state index contributed by atoms with van der Waals surface area (Å²) in [7, 11) is 0. The number of nitrogens with two attached hydrogens (primary N) is 1. The average Bonchev–Trinajstić information content (AvgIpc) is 3.16. The van der Waals surface area contributed by atoms with E-state index in [9.17, 15) is 4.79 Å². The molecular weight excluding hydrogens is 284 g/mol. The number of hydrogen-bond acceptors (Lipinski definition) is 2. The fourth-order valence-corrected chi connectivity index (χ4v) is 4.96. The normalized spacial score (nSPS) is 27.1. The van der Waals surface area contributed by atoms with Crippen molar-refractivity contribution in [2.75, 3.05) is 0 Å². The molecule has 2 aliphatic rings. The molecule has 0 aromatic rings. The molecule has 4 atom stereocenters. The Morgan fingerprint density at radius 2 is 1.87 bits per heavy atom. The molecule has 23 heavy (non-hydrogen) atoms. The molecule has 0 radical (unpaired) electrons. The highest BCUT2D eigenvalue weighted by molar-refractivity contribution is 5.94. The zero-order valence-corrected chi connectivity index (χ0v) is 15.2. The van der Waals surface area contributed by atoms with Crippen molar-refractivity contribution in [2.45, 2.75) is 84.5 Å². The summed E-state index contributed by atoms with van der Waals surface area (Å²) >= 11 is 0. The Morgan fingerprint density at radius 1 is 1.13 bits per heavy atom. The van der Waals surface area contributed by atoms with Crippen molar-refractivity contribution in [3.63, 3.8) is 0 Å². The Bertz CT molecular complexity index is 404. The van der Waals surface area contributed by atoms with Crippen molar-refractivity contribution < 1.29 is 4.79 Å². The maximum Gasteiger partial charge on any atom is 0.261 e. The van der Waals surface area contributed by atoms with E-state index in [4.69, 9.17) is 5.84 Å². The third kappa shape index (κ3) is 4.82. The van der Waals surface area contributed by atoms with Gasteiger partial charge in [0.2, 0.25) is 0 Å². The van der Waals surface area contributed by atoms with E-state index in [0.29, 0.717) is 17.8 Å². The van der Waals surface area contributed by atoms with Gasteiger partial charge in [-0.15, -0.1) is 0 Å². The van der Waals surface area contributed by atoms with Gasteiger partial charge in [0.25, 0.3) is 5.91 Å². The zero-order chi connectivity index (χ0) is 16.7. The number of carbonyl (C=O) groups is 1. The van der Waals surface area contributed by atoms with Crippen molar-refractivity contribution >= 4 is 5.91 Å². The summed E-state index contributed by atoms with van der Waals surface area (Å²) in [6.45, 7) is 4.57. The van der Waals surface area contributed by atoms with Crippen LogP contribution in [0.15, 0.2) is 11.6 Å². The molecule has 3 heteroatoms. The number of fused-ring (bicyclic) bond motifs is 2. The minimum Gasteiger partial charge on any atom is -0.290 e. The van der Waals surface area contributed by atoms with Crippen LogP contribution >= 0.6 is 0 Å². The van der Waals surface area contributed by atoms with Gasteiger partial charge in [0, 0.05) is 5.57 Å². The van der Waals surface area contributed by atoms with E-state index in [1.165, 1.54) is 70.6 Å². The largest absolute Gasteiger partial charge is 0.290 e. The lowest BCUT2D eigenvalue weighted by molar-refractivity contribution is -0.118. The van der Waals surface area contributed by atoms with Crippen LogP contribution in [-0.2, 0) is 4.79 Å². The highest BCUT2D eigenvalue weighted by Gasteiger charge is 2.45. The highest BCUT2D eigenvalue weighted by Crippen LogP contribution is 2.52. The monoisotopic (exact) mass is 320 g/mol. The molecule has 132 valence electrons. The Balaban J connectivity index is 1.84. The predicted octanol–water partition coefficient (Wildman–Crippen LogP) is 4.73. The van der Waals surface area contributed by atoms with Gasteiger partial charge < -0.3 is 0 Å². The second kappa shape index (κ2) is 9.46. The maximum atomic E-state index is 12.0. The van der Waals surface area contributed by atoms with E-state index in [1.807, 2.05) is 0 Å². The molecule has 0 spiro atoms. The van der Waals surface area contributed by atoms with E-state index in [1.54, 1.807) is 0 Å². The summed E-state index contributed by atoms with van der Waals surface area (Å²) in [4.78, 5) is 12.0. The fourth-order valence-electron chi connectivity index (χ4n) is 4.96. The lowest BCUT2D eigenvalue weighted by Crippen LogP contribution is -2.35. The molecule has 1 fully saturated rings. The summed E-state index contributed by atoms with van der Waals surface area (Å²) in [5.41, 5.74) is 3.33. The maximum absolute atomic E-state index is 12.0. The number of unbranched alkanes of at least 4 members (excludes halogenated alkanes) is 5.